The topological polar surface area (TPSA) is 86.5 Å². The number of ether oxygens (including phenoxy) is 1. The van der Waals surface area contributed by atoms with E-state index in [1.165, 1.54) is 7.11 Å². The minimum Gasteiger partial charge on any atom is -0.465 e. The number of benzene rings is 2. The Morgan fingerprint density at radius 3 is 2.70 bits per heavy atom. The number of nitrogens with one attached hydrogen (secondary N) is 2. The van der Waals surface area contributed by atoms with Crippen LogP contribution in [0.1, 0.15) is 15.9 Å². The van der Waals surface area contributed by atoms with E-state index in [2.05, 4.69) is 20.4 Å². The van der Waals surface area contributed by atoms with Gasteiger partial charge in [-0.3, -0.25) is 0 Å². The molecule has 116 valence electrons. The van der Waals surface area contributed by atoms with E-state index in [-0.39, 0.29) is 0 Å². The maximum Gasteiger partial charge on any atom is 0.337 e. The van der Waals surface area contributed by atoms with E-state index in [1.54, 1.807) is 30.5 Å². The van der Waals surface area contributed by atoms with Crippen LogP contribution in [0.15, 0.2) is 59.6 Å². The summed E-state index contributed by atoms with van der Waals surface area (Å²) in [4.78, 5) is 15.3. The zero-order chi connectivity index (χ0) is 16.5. The molecule has 2 aromatic rings. The second-order valence-electron chi connectivity index (χ2n) is 4.60. The highest BCUT2D eigenvalue weighted by Gasteiger charge is 2.07. The molecule has 23 heavy (non-hydrogen) atoms. The molecule has 0 aliphatic rings. The third kappa shape index (κ3) is 4.86. The third-order valence-electron chi connectivity index (χ3n) is 3.01. The fourth-order valence-corrected chi connectivity index (χ4v) is 1.92. The van der Waals surface area contributed by atoms with Crippen molar-refractivity contribution in [3.8, 4) is 6.19 Å². The summed E-state index contributed by atoms with van der Waals surface area (Å²) in [7, 11) is 1.33. The quantitative estimate of drug-likeness (QED) is 0.392. The van der Waals surface area contributed by atoms with Crippen molar-refractivity contribution in [3.05, 3.63) is 65.7 Å². The third-order valence-corrected chi connectivity index (χ3v) is 3.01. The van der Waals surface area contributed by atoms with Gasteiger partial charge in [-0.05, 0) is 23.8 Å². The van der Waals surface area contributed by atoms with E-state index in [4.69, 9.17) is 5.26 Å². The van der Waals surface area contributed by atoms with Gasteiger partial charge in [0.25, 0.3) is 0 Å². The summed E-state index contributed by atoms with van der Waals surface area (Å²) in [5.74, 6) is -0.122. The Kier molecular flexibility index (Phi) is 5.72. The Bertz CT molecular complexity index is 736. The summed E-state index contributed by atoms with van der Waals surface area (Å²) < 4.78 is 4.68. The molecule has 0 radical (unpaired) electrons. The summed E-state index contributed by atoms with van der Waals surface area (Å²) in [6, 6.07) is 16.5. The molecule has 0 spiro atoms. The minimum absolute atomic E-state index is 0.304. The fourth-order valence-electron chi connectivity index (χ4n) is 1.92. The smallest absolute Gasteiger partial charge is 0.337 e. The lowest BCUT2D eigenvalue weighted by Gasteiger charge is -2.11. The number of nitriles is 1. The molecule has 0 saturated heterocycles. The van der Waals surface area contributed by atoms with Crippen LogP contribution in [-0.4, -0.2) is 19.0 Å². The lowest BCUT2D eigenvalue weighted by Crippen LogP contribution is -2.30. The van der Waals surface area contributed by atoms with Gasteiger partial charge in [-0.2, -0.15) is 5.26 Å². The van der Waals surface area contributed by atoms with Crippen molar-refractivity contribution in [2.24, 2.45) is 4.99 Å². The predicted octanol–water partition coefficient (Wildman–Crippen LogP) is 2.51. The summed E-state index contributed by atoms with van der Waals surface area (Å²) >= 11 is 0. The molecule has 0 atom stereocenters. The molecular weight excluding hydrogens is 292 g/mol. The van der Waals surface area contributed by atoms with Crippen LogP contribution in [0.3, 0.4) is 0 Å². The number of hydrogen-bond acceptors (Lipinski definition) is 4. The van der Waals surface area contributed by atoms with Crippen molar-refractivity contribution in [2.75, 3.05) is 12.4 Å². The molecule has 0 aliphatic carbocycles. The highest BCUT2D eigenvalue weighted by molar-refractivity contribution is 5.96. The number of guanidine groups is 1. The van der Waals surface area contributed by atoms with Gasteiger partial charge in [0.1, 0.15) is 0 Å². The lowest BCUT2D eigenvalue weighted by atomic mass is 10.2. The molecule has 6 heteroatoms. The first-order valence-corrected chi connectivity index (χ1v) is 6.93. The van der Waals surface area contributed by atoms with Gasteiger partial charge in [0.05, 0.1) is 12.7 Å². The molecule has 0 unspecified atom stereocenters. The van der Waals surface area contributed by atoms with Gasteiger partial charge in [-0.15, -0.1) is 4.99 Å². The van der Waals surface area contributed by atoms with Crippen LogP contribution in [0.5, 0.6) is 0 Å². The number of carbonyl (C=O) groups is 1. The average molecular weight is 308 g/mol. The predicted molar refractivity (Wildman–Crippen MR) is 87.7 cm³/mol. The van der Waals surface area contributed by atoms with Crippen molar-refractivity contribution in [1.29, 1.82) is 5.26 Å². The molecule has 2 N–H and O–H groups in total. The van der Waals surface area contributed by atoms with Crippen molar-refractivity contribution in [1.82, 2.24) is 5.32 Å². The monoisotopic (exact) mass is 308 g/mol. The Labute approximate surface area is 134 Å². The van der Waals surface area contributed by atoms with Gasteiger partial charge in [-0.25, -0.2) is 4.79 Å². The van der Waals surface area contributed by atoms with Gasteiger partial charge in [0, 0.05) is 12.2 Å². The van der Waals surface area contributed by atoms with Gasteiger partial charge < -0.3 is 15.4 Å². The van der Waals surface area contributed by atoms with Crippen LogP contribution in [0, 0.1) is 11.5 Å². The van der Waals surface area contributed by atoms with Crippen molar-refractivity contribution >= 4 is 17.6 Å². The van der Waals surface area contributed by atoms with Gasteiger partial charge in [0.15, 0.2) is 0 Å². The highest BCUT2D eigenvalue weighted by atomic mass is 16.5. The van der Waals surface area contributed by atoms with Crippen LogP contribution in [0.2, 0.25) is 0 Å². The Hall–Kier alpha value is -3.33. The number of anilines is 1. The maximum atomic E-state index is 11.5. The molecule has 0 bridgehead atoms. The first-order chi connectivity index (χ1) is 11.2. The van der Waals surface area contributed by atoms with E-state index in [9.17, 15) is 4.79 Å². The minimum atomic E-state index is -0.426. The number of hydrogen-bond donors (Lipinski definition) is 2. The molecule has 2 rings (SSSR count). The molecule has 0 aromatic heterocycles. The summed E-state index contributed by atoms with van der Waals surface area (Å²) in [5, 5.41) is 14.8. The maximum absolute atomic E-state index is 11.5. The van der Waals surface area contributed by atoms with E-state index < -0.39 is 5.97 Å². The van der Waals surface area contributed by atoms with Gasteiger partial charge >= 0.3 is 5.97 Å². The van der Waals surface area contributed by atoms with Crippen LogP contribution in [-0.2, 0) is 11.3 Å². The number of rotatable bonds is 4. The number of methoxy groups -OCH3 is 1. The zero-order valence-corrected chi connectivity index (χ0v) is 12.6. The normalized spacial score (nSPS) is 10.5. The number of carbonyl (C=O) groups excluding carboxylic acids is 1. The van der Waals surface area contributed by atoms with Crippen molar-refractivity contribution < 1.29 is 9.53 Å². The van der Waals surface area contributed by atoms with Gasteiger partial charge in [-0.1, -0.05) is 36.4 Å². The summed E-state index contributed by atoms with van der Waals surface area (Å²) in [6.07, 6.45) is 1.74. The molecule has 0 fully saturated rings. The lowest BCUT2D eigenvalue weighted by molar-refractivity contribution is 0.0601. The van der Waals surface area contributed by atoms with E-state index in [1.807, 2.05) is 30.3 Å². The van der Waals surface area contributed by atoms with E-state index >= 15 is 0 Å². The van der Waals surface area contributed by atoms with Crippen molar-refractivity contribution in [2.45, 2.75) is 6.54 Å². The molecular formula is C17H16N4O2. The Morgan fingerprint density at radius 1 is 1.22 bits per heavy atom. The average Bonchev–Trinajstić information content (AvgIpc) is 2.60. The molecule has 2 aromatic carbocycles. The van der Waals surface area contributed by atoms with Crippen LogP contribution in [0.25, 0.3) is 0 Å². The van der Waals surface area contributed by atoms with Crippen molar-refractivity contribution in [3.63, 3.8) is 0 Å². The van der Waals surface area contributed by atoms with Crippen LogP contribution >= 0.6 is 0 Å². The highest BCUT2D eigenvalue weighted by Crippen LogP contribution is 2.11. The zero-order valence-electron chi connectivity index (χ0n) is 12.6. The summed E-state index contributed by atoms with van der Waals surface area (Å²) in [6.45, 7) is 0.519. The first-order valence-electron chi connectivity index (χ1n) is 6.93. The molecule has 0 heterocycles. The van der Waals surface area contributed by atoms with E-state index in [0.29, 0.717) is 23.8 Å². The largest absolute Gasteiger partial charge is 0.465 e. The standard InChI is InChI=1S/C17H16N4O2/c1-23-16(22)14-8-5-9-15(10-14)21-17(20-12-18)19-11-13-6-3-2-4-7-13/h2-10H,11H2,1H3,(H2,19,20,21). The van der Waals surface area contributed by atoms with E-state index in [0.717, 1.165) is 5.56 Å². The molecule has 6 nitrogen and oxygen atoms in total. The Balaban J connectivity index is 2.07. The molecule has 0 saturated carbocycles. The summed E-state index contributed by atoms with van der Waals surface area (Å²) in [5.41, 5.74) is 2.10. The Morgan fingerprint density at radius 2 is 2.00 bits per heavy atom. The second-order valence-corrected chi connectivity index (χ2v) is 4.60. The van der Waals surface area contributed by atoms with Crippen LogP contribution < -0.4 is 10.6 Å². The van der Waals surface area contributed by atoms with Gasteiger partial charge in [0.2, 0.25) is 12.2 Å². The molecule has 0 aliphatic heterocycles. The number of esters is 1. The number of aliphatic imine (C=N–C) groups is 1. The fraction of sp³-hybridized carbons (Fsp3) is 0.118. The second kappa shape index (κ2) is 8.20. The molecule has 0 amide bonds. The number of nitrogens with zero attached hydrogens (tertiary/aromatic N) is 2. The SMILES string of the molecule is COC(=O)c1cccc(N/C(=N/C#N)NCc2ccccc2)c1. The van der Waals surface area contributed by atoms with Crippen LogP contribution in [0.4, 0.5) is 5.69 Å². The first kappa shape index (κ1) is 16.0.